The summed E-state index contributed by atoms with van der Waals surface area (Å²) in [7, 11) is 2.00. The van der Waals surface area contributed by atoms with Gasteiger partial charge in [-0.3, -0.25) is 14.4 Å². The Morgan fingerprint density at radius 2 is 1.85 bits per heavy atom. The molecule has 0 unspecified atom stereocenters. The van der Waals surface area contributed by atoms with Crippen molar-refractivity contribution in [1.29, 1.82) is 0 Å². The molecule has 0 aromatic heterocycles. The van der Waals surface area contributed by atoms with Crippen molar-refractivity contribution in [2.75, 3.05) is 38.5 Å². The molecular weight excluding hydrogens is 351 g/mol. The SMILES string of the molecule is CCC(=O)N[C@H](Cc1ccc(NC(C)=O)c(F)c1)C(=O)N1CCN(C)CC1. The molecule has 0 saturated carbocycles. The van der Waals surface area contributed by atoms with Crippen molar-refractivity contribution in [1.82, 2.24) is 15.1 Å². The Morgan fingerprint density at radius 3 is 2.41 bits per heavy atom. The van der Waals surface area contributed by atoms with E-state index in [0.29, 0.717) is 18.7 Å². The van der Waals surface area contributed by atoms with Crippen LogP contribution in [0, 0.1) is 5.82 Å². The number of amides is 3. The molecule has 1 heterocycles. The average molecular weight is 378 g/mol. The lowest BCUT2D eigenvalue weighted by Crippen LogP contribution is -2.54. The number of halogens is 1. The quantitative estimate of drug-likeness (QED) is 0.774. The van der Waals surface area contributed by atoms with E-state index in [0.717, 1.165) is 13.1 Å². The second-order valence-electron chi connectivity index (χ2n) is 6.80. The molecule has 1 saturated heterocycles. The first-order chi connectivity index (χ1) is 12.8. The van der Waals surface area contributed by atoms with E-state index in [2.05, 4.69) is 15.5 Å². The standard InChI is InChI=1S/C19H27FN4O3/c1-4-18(26)22-17(19(27)24-9-7-23(3)8-10-24)12-14-5-6-16(15(20)11-14)21-13(2)25/h5-6,11,17H,4,7-10,12H2,1-3H3,(H,21,25)(H,22,26)/t17-/m1/s1. The van der Waals surface area contributed by atoms with Gasteiger partial charge in [-0.25, -0.2) is 4.39 Å². The summed E-state index contributed by atoms with van der Waals surface area (Å²) >= 11 is 0. The molecule has 8 heteroatoms. The van der Waals surface area contributed by atoms with Gasteiger partial charge in [-0.05, 0) is 24.7 Å². The maximum absolute atomic E-state index is 14.2. The maximum atomic E-state index is 14.2. The Hall–Kier alpha value is -2.48. The van der Waals surface area contributed by atoms with Crippen LogP contribution in [0.25, 0.3) is 0 Å². The predicted molar refractivity (Wildman–Crippen MR) is 101 cm³/mol. The van der Waals surface area contributed by atoms with Gasteiger partial charge in [-0.2, -0.15) is 0 Å². The molecule has 0 aliphatic carbocycles. The number of likely N-dealkylation sites (N-methyl/N-ethyl adjacent to an activating group) is 1. The average Bonchev–Trinajstić information content (AvgIpc) is 2.63. The topological polar surface area (TPSA) is 81.8 Å². The van der Waals surface area contributed by atoms with Gasteiger partial charge in [0.05, 0.1) is 5.69 Å². The zero-order chi connectivity index (χ0) is 20.0. The summed E-state index contributed by atoms with van der Waals surface area (Å²) in [5, 5.41) is 5.16. The molecule has 1 atom stereocenters. The highest BCUT2D eigenvalue weighted by molar-refractivity contribution is 5.89. The molecule has 1 aliphatic heterocycles. The Morgan fingerprint density at radius 1 is 1.19 bits per heavy atom. The third-order valence-corrected chi connectivity index (χ3v) is 4.55. The highest BCUT2D eigenvalue weighted by atomic mass is 19.1. The molecule has 1 aliphatic rings. The smallest absolute Gasteiger partial charge is 0.245 e. The number of nitrogens with zero attached hydrogens (tertiary/aromatic N) is 2. The van der Waals surface area contributed by atoms with Gasteiger partial charge in [-0.1, -0.05) is 13.0 Å². The fourth-order valence-electron chi connectivity index (χ4n) is 2.96. The van der Waals surface area contributed by atoms with E-state index < -0.39 is 11.9 Å². The molecule has 148 valence electrons. The van der Waals surface area contributed by atoms with Crippen LogP contribution >= 0.6 is 0 Å². The number of hydrogen-bond donors (Lipinski definition) is 2. The first-order valence-electron chi connectivity index (χ1n) is 9.12. The maximum Gasteiger partial charge on any atom is 0.245 e. The van der Waals surface area contributed by atoms with Crippen molar-refractivity contribution in [3.63, 3.8) is 0 Å². The molecule has 2 N–H and O–H groups in total. The lowest BCUT2D eigenvalue weighted by atomic mass is 10.0. The number of nitrogens with one attached hydrogen (secondary N) is 2. The van der Waals surface area contributed by atoms with Crippen molar-refractivity contribution in [2.24, 2.45) is 0 Å². The molecule has 0 spiro atoms. The summed E-state index contributed by atoms with van der Waals surface area (Å²) in [6.45, 7) is 5.78. The second kappa shape index (κ2) is 9.45. The normalized spacial score (nSPS) is 15.9. The van der Waals surface area contributed by atoms with E-state index in [1.165, 1.54) is 19.1 Å². The van der Waals surface area contributed by atoms with E-state index in [-0.39, 0.29) is 36.3 Å². The molecular formula is C19H27FN4O3. The molecule has 1 aromatic rings. The largest absolute Gasteiger partial charge is 0.344 e. The van der Waals surface area contributed by atoms with Crippen LogP contribution in [-0.4, -0.2) is 66.8 Å². The van der Waals surface area contributed by atoms with Crippen LogP contribution in [0.15, 0.2) is 18.2 Å². The molecule has 2 rings (SSSR count). The number of piperazine rings is 1. The summed E-state index contributed by atoms with van der Waals surface area (Å²) in [5.41, 5.74) is 0.663. The highest BCUT2D eigenvalue weighted by Crippen LogP contribution is 2.17. The Labute approximate surface area is 158 Å². The van der Waals surface area contributed by atoms with E-state index in [9.17, 15) is 18.8 Å². The number of anilines is 1. The van der Waals surface area contributed by atoms with Crippen LogP contribution in [-0.2, 0) is 20.8 Å². The van der Waals surface area contributed by atoms with Crippen LogP contribution in [0.3, 0.4) is 0 Å². The molecule has 3 amide bonds. The summed E-state index contributed by atoms with van der Waals surface area (Å²) < 4.78 is 14.2. The van der Waals surface area contributed by atoms with Gasteiger partial charge in [0.25, 0.3) is 0 Å². The minimum Gasteiger partial charge on any atom is -0.344 e. The second-order valence-corrected chi connectivity index (χ2v) is 6.80. The van der Waals surface area contributed by atoms with E-state index in [1.807, 2.05) is 7.05 Å². The van der Waals surface area contributed by atoms with Crippen LogP contribution in [0.2, 0.25) is 0 Å². The summed E-state index contributed by atoms with van der Waals surface area (Å²) in [5.74, 6) is -1.32. The van der Waals surface area contributed by atoms with Crippen LogP contribution in [0.5, 0.6) is 0 Å². The molecule has 0 radical (unpaired) electrons. The number of carbonyl (C=O) groups is 3. The molecule has 7 nitrogen and oxygen atoms in total. The van der Waals surface area contributed by atoms with E-state index >= 15 is 0 Å². The van der Waals surface area contributed by atoms with Crippen LogP contribution < -0.4 is 10.6 Å². The molecule has 1 fully saturated rings. The van der Waals surface area contributed by atoms with Crippen molar-refractivity contribution < 1.29 is 18.8 Å². The minimum absolute atomic E-state index is 0.0887. The number of hydrogen-bond acceptors (Lipinski definition) is 4. The molecule has 27 heavy (non-hydrogen) atoms. The Bertz CT molecular complexity index is 702. The molecule has 1 aromatic carbocycles. The summed E-state index contributed by atoms with van der Waals surface area (Å²) in [6, 6.07) is 3.65. The van der Waals surface area contributed by atoms with Gasteiger partial charge in [0, 0.05) is 45.9 Å². The van der Waals surface area contributed by atoms with Gasteiger partial charge in [0.2, 0.25) is 17.7 Å². The number of rotatable bonds is 6. The molecule has 0 bridgehead atoms. The van der Waals surface area contributed by atoms with E-state index in [4.69, 9.17) is 0 Å². The summed E-state index contributed by atoms with van der Waals surface area (Å²) in [4.78, 5) is 39.8. The van der Waals surface area contributed by atoms with Gasteiger partial charge >= 0.3 is 0 Å². The van der Waals surface area contributed by atoms with E-state index in [1.54, 1.807) is 17.9 Å². The van der Waals surface area contributed by atoms with Crippen molar-refractivity contribution >= 4 is 23.4 Å². The minimum atomic E-state index is -0.744. The van der Waals surface area contributed by atoms with Gasteiger partial charge in [0.15, 0.2) is 0 Å². The fraction of sp³-hybridized carbons (Fsp3) is 0.526. The van der Waals surface area contributed by atoms with Crippen molar-refractivity contribution in [3.05, 3.63) is 29.6 Å². The first kappa shape index (κ1) is 20.8. The lowest BCUT2D eigenvalue weighted by Gasteiger charge is -2.34. The van der Waals surface area contributed by atoms with Crippen LogP contribution in [0.4, 0.5) is 10.1 Å². The van der Waals surface area contributed by atoms with Gasteiger partial charge in [-0.15, -0.1) is 0 Å². The first-order valence-corrected chi connectivity index (χ1v) is 9.12. The predicted octanol–water partition coefficient (Wildman–Crippen LogP) is 0.995. The number of benzene rings is 1. The zero-order valence-electron chi connectivity index (χ0n) is 16.0. The summed E-state index contributed by atoms with van der Waals surface area (Å²) in [6.07, 6.45) is 0.455. The van der Waals surface area contributed by atoms with Crippen molar-refractivity contribution in [3.8, 4) is 0 Å². The van der Waals surface area contributed by atoms with Crippen LogP contribution in [0.1, 0.15) is 25.8 Å². The van der Waals surface area contributed by atoms with Gasteiger partial charge in [0.1, 0.15) is 11.9 Å². The van der Waals surface area contributed by atoms with Gasteiger partial charge < -0.3 is 20.4 Å². The monoisotopic (exact) mass is 378 g/mol. The van der Waals surface area contributed by atoms with Crippen molar-refractivity contribution in [2.45, 2.75) is 32.7 Å². The zero-order valence-corrected chi connectivity index (χ0v) is 16.0. The highest BCUT2D eigenvalue weighted by Gasteiger charge is 2.28. The number of carbonyl (C=O) groups excluding carboxylic acids is 3. The Kier molecular flexibility index (Phi) is 7.29. The Balaban J connectivity index is 2.14. The third kappa shape index (κ3) is 6.02. The lowest BCUT2D eigenvalue weighted by molar-refractivity contribution is -0.137. The fourth-order valence-corrected chi connectivity index (χ4v) is 2.96. The third-order valence-electron chi connectivity index (χ3n) is 4.55.